The quantitative estimate of drug-likeness (QED) is 0.583. The molecule has 1 rings (SSSR count). The largest absolute Gasteiger partial charge is 0.480 e. The van der Waals surface area contributed by atoms with Gasteiger partial charge in [-0.15, -0.1) is 0 Å². The van der Waals surface area contributed by atoms with Crippen LogP contribution in [0, 0.1) is 0 Å². The summed E-state index contributed by atoms with van der Waals surface area (Å²) < 4.78 is 0. The Labute approximate surface area is 88.9 Å². The average Bonchev–Trinajstić information content (AvgIpc) is 2.69. The topological polar surface area (TPSA) is 78.0 Å². The van der Waals surface area contributed by atoms with Gasteiger partial charge in [0.1, 0.15) is 6.04 Å². The van der Waals surface area contributed by atoms with E-state index in [-0.39, 0.29) is 0 Å². The standard InChI is InChI=1S/C10H17N3O2/c1-2-3-4-12-9(10(14)15)5-8-6-11-7-13-8/h6-7,9,12H,2-5H2,1H3,(H,11,13)(H,14,15)/t9-/m0/s1. The van der Waals surface area contributed by atoms with Crippen molar-refractivity contribution in [3.63, 3.8) is 0 Å². The fourth-order valence-electron chi connectivity index (χ4n) is 1.32. The number of carboxylic acid groups (broad SMARTS) is 1. The Bertz CT molecular complexity index is 285. The van der Waals surface area contributed by atoms with Crippen LogP contribution < -0.4 is 5.32 Å². The van der Waals surface area contributed by atoms with Crippen LogP contribution in [-0.4, -0.2) is 33.6 Å². The normalized spacial score (nSPS) is 12.6. The Morgan fingerprint density at radius 1 is 1.73 bits per heavy atom. The zero-order valence-electron chi connectivity index (χ0n) is 8.86. The van der Waals surface area contributed by atoms with Crippen LogP contribution in [0.4, 0.5) is 0 Å². The summed E-state index contributed by atoms with van der Waals surface area (Å²) in [6.45, 7) is 2.81. The summed E-state index contributed by atoms with van der Waals surface area (Å²) in [5.41, 5.74) is 0.839. The van der Waals surface area contributed by atoms with Crippen LogP contribution >= 0.6 is 0 Å². The lowest BCUT2D eigenvalue weighted by atomic mass is 10.1. The predicted molar refractivity (Wildman–Crippen MR) is 56.6 cm³/mol. The van der Waals surface area contributed by atoms with E-state index >= 15 is 0 Å². The molecule has 0 saturated carbocycles. The molecule has 0 aliphatic rings. The van der Waals surface area contributed by atoms with Crippen molar-refractivity contribution in [1.82, 2.24) is 15.3 Å². The van der Waals surface area contributed by atoms with Crippen molar-refractivity contribution >= 4 is 5.97 Å². The summed E-state index contributed by atoms with van der Waals surface area (Å²) in [7, 11) is 0. The molecule has 1 atom stereocenters. The summed E-state index contributed by atoms with van der Waals surface area (Å²) in [5.74, 6) is -0.819. The number of rotatable bonds is 7. The molecule has 5 heteroatoms. The number of unbranched alkanes of at least 4 members (excludes halogenated alkanes) is 1. The van der Waals surface area contributed by atoms with Crippen molar-refractivity contribution in [2.45, 2.75) is 32.2 Å². The van der Waals surface area contributed by atoms with Crippen LogP contribution in [0.15, 0.2) is 12.5 Å². The number of aromatic nitrogens is 2. The van der Waals surface area contributed by atoms with Crippen molar-refractivity contribution in [2.24, 2.45) is 0 Å². The monoisotopic (exact) mass is 211 g/mol. The first-order valence-corrected chi connectivity index (χ1v) is 5.17. The Morgan fingerprint density at radius 3 is 3.07 bits per heavy atom. The Kier molecular flexibility index (Phi) is 4.83. The first-order valence-electron chi connectivity index (χ1n) is 5.17. The number of aliphatic carboxylic acids is 1. The molecule has 1 aromatic rings. The molecule has 0 aliphatic heterocycles. The lowest BCUT2D eigenvalue weighted by Crippen LogP contribution is -2.39. The molecule has 1 aromatic heterocycles. The molecule has 0 amide bonds. The Hall–Kier alpha value is -1.36. The van der Waals surface area contributed by atoms with Gasteiger partial charge in [-0.05, 0) is 13.0 Å². The van der Waals surface area contributed by atoms with Gasteiger partial charge < -0.3 is 15.4 Å². The zero-order valence-corrected chi connectivity index (χ0v) is 8.86. The molecule has 3 N–H and O–H groups in total. The van der Waals surface area contributed by atoms with Gasteiger partial charge in [0.2, 0.25) is 0 Å². The maximum atomic E-state index is 10.9. The van der Waals surface area contributed by atoms with Crippen molar-refractivity contribution in [2.75, 3.05) is 6.54 Å². The van der Waals surface area contributed by atoms with Crippen LogP contribution in [0.2, 0.25) is 0 Å². The molecule has 0 aromatic carbocycles. The second kappa shape index (κ2) is 6.19. The third kappa shape index (κ3) is 4.12. The first-order chi connectivity index (χ1) is 7.24. The number of H-pyrrole nitrogens is 1. The van der Waals surface area contributed by atoms with E-state index in [2.05, 4.69) is 22.2 Å². The highest BCUT2D eigenvalue weighted by atomic mass is 16.4. The van der Waals surface area contributed by atoms with E-state index in [4.69, 9.17) is 5.11 Å². The fourth-order valence-corrected chi connectivity index (χ4v) is 1.32. The minimum Gasteiger partial charge on any atom is -0.480 e. The number of aromatic amines is 1. The second-order valence-corrected chi connectivity index (χ2v) is 3.48. The molecule has 5 nitrogen and oxygen atoms in total. The van der Waals surface area contributed by atoms with E-state index in [1.54, 1.807) is 12.5 Å². The van der Waals surface area contributed by atoms with Gasteiger partial charge in [-0.25, -0.2) is 4.98 Å². The molecule has 0 unspecified atom stereocenters. The van der Waals surface area contributed by atoms with Crippen LogP contribution in [0.5, 0.6) is 0 Å². The smallest absolute Gasteiger partial charge is 0.321 e. The van der Waals surface area contributed by atoms with Crippen LogP contribution in [0.25, 0.3) is 0 Å². The van der Waals surface area contributed by atoms with Gasteiger partial charge >= 0.3 is 5.97 Å². The minimum absolute atomic E-state index is 0.443. The number of nitrogens with one attached hydrogen (secondary N) is 2. The third-order valence-corrected chi connectivity index (χ3v) is 2.20. The van der Waals surface area contributed by atoms with Crippen LogP contribution in [-0.2, 0) is 11.2 Å². The van der Waals surface area contributed by atoms with E-state index in [0.29, 0.717) is 6.42 Å². The van der Waals surface area contributed by atoms with E-state index in [1.807, 2.05) is 0 Å². The summed E-state index contributed by atoms with van der Waals surface area (Å²) >= 11 is 0. The van der Waals surface area contributed by atoms with Gasteiger partial charge in [0, 0.05) is 18.3 Å². The van der Waals surface area contributed by atoms with Gasteiger partial charge in [0.05, 0.1) is 6.33 Å². The maximum absolute atomic E-state index is 10.9. The Balaban J connectivity index is 2.40. The van der Waals surface area contributed by atoms with Gasteiger partial charge in [-0.1, -0.05) is 13.3 Å². The highest BCUT2D eigenvalue weighted by molar-refractivity contribution is 5.73. The molecule has 0 aliphatic carbocycles. The highest BCUT2D eigenvalue weighted by Crippen LogP contribution is 1.99. The summed E-state index contributed by atoms with van der Waals surface area (Å²) in [6.07, 6.45) is 5.70. The van der Waals surface area contributed by atoms with E-state index in [1.165, 1.54) is 0 Å². The molecule has 1 heterocycles. The number of carbonyl (C=O) groups is 1. The van der Waals surface area contributed by atoms with Gasteiger partial charge in [-0.3, -0.25) is 4.79 Å². The molecule has 84 valence electrons. The molecular weight excluding hydrogens is 194 g/mol. The number of nitrogens with zero attached hydrogens (tertiary/aromatic N) is 1. The number of carboxylic acids is 1. The Morgan fingerprint density at radius 2 is 2.53 bits per heavy atom. The van der Waals surface area contributed by atoms with E-state index in [9.17, 15) is 4.79 Å². The maximum Gasteiger partial charge on any atom is 0.321 e. The molecule has 0 spiro atoms. The lowest BCUT2D eigenvalue weighted by Gasteiger charge is -2.12. The van der Waals surface area contributed by atoms with Crippen molar-refractivity contribution in [3.8, 4) is 0 Å². The molecule has 0 bridgehead atoms. The molecule has 15 heavy (non-hydrogen) atoms. The number of hydrogen-bond donors (Lipinski definition) is 3. The van der Waals surface area contributed by atoms with Crippen LogP contribution in [0.3, 0.4) is 0 Å². The minimum atomic E-state index is -0.819. The number of imidazole rings is 1. The van der Waals surface area contributed by atoms with Gasteiger partial charge in [0.15, 0.2) is 0 Å². The van der Waals surface area contributed by atoms with Gasteiger partial charge in [-0.2, -0.15) is 0 Å². The second-order valence-electron chi connectivity index (χ2n) is 3.48. The van der Waals surface area contributed by atoms with Crippen molar-refractivity contribution in [1.29, 1.82) is 0 Å². The predicted octanol–water partition coefficient (Wildman–Crippen LogP) is 0.795. The van der Waals surface area contributed by atoms with Gasteiger partial charge in [0.25, 0.3) is 0 Å². The van der Waals surface area contributed by atoms with E-state index in [0.717, 1.165) is 25.1 Å². The molecule has 0 radical (unpaired) electrons. The average molecular weight is 211 g/mol. The zero-order chi connectivity index (χ0) is 11.1. The third-order valence-electron chi connectivity index (χ3n) is 2.20. The molecule has 0 fully saturated rings. The molecule has 0 saturated heterocycles. The molecular formula is C10H17N3O2. The summed E-state index contributed by atoms with van der Waals surface area (Å²) in [6, 6.07) is -0.531. The fraction of sp³-hybridized carbons (Fsp3) is 0.600. The summed E-state index contributed by atoms with van der Waals surface area (Å²) in [5, 5.41) is 12.0. The first kappa shape index (κ1) is 11.7. The van der Waals surface area contributed by atoms with Crippen molar-refractivity contribution in [3.05, 3.63) is 18.2 Å². The SMILES string of the molecule is CCCCN[C@@H](Cc1cnc[nH]1)C(=O)O. The summed E-state index contributed by atoms with van der Waals surface area (Å²) in [4.78, 5) is 17.7. The van der Waals surface area contributed by atoms with Crippen LogP contribution in [0.1, 0.15) is 25.5 Å². The highest BCUT2D eigenvalue weighted by Gasteiger charge is 2.17. The lowest BCUT2D eigenvalue weighted by molar-refractivity contribution is -0.139. The van der Waals surface area contributed by atoms with E-state index < -0.39 is 12.0 Å². The van der Waals surface area contributed by atoms with Crippen molar-refractivity contribution < 1.29 is 9.90 Å². The number of hydrogen-bond acceptors (Lipinski definition) is 3.